The van der Waals surface area contributed by atoms with Gasteiger partial charge in [0.1, 0.15) is 18.0 Å². The van der Waals surface area contributed by atoms with E-state index in [9.17, 15) is 4.79 Å². The van der Waals surface area contributed by atoms with Gasteiger partial charge in [-0.05, 0) is 54.9 Å². The van der Waals surface area contributed by atoms with Gasteiger partial charge in [0.05, 0.1) is 17.7 Å². The van der Waals surface area contributed by atoms with Crippen molar-refractivity contribution in [3.8, 4) is 5.75 Å². The minimum absolute atomic E-state index is 0.241. The number of nitrogens with one attached hydrogen (secondary N) is 1. The lowest BCUT2D eigenvalue weighted by molar-refractivity contribution is 0.0438. The molecule has 7 heteroatoms. The molecule has 1 N–H and O–H groups in total. The average molecular weight is 395 g/mol. The van der Waals surface area contributed by atoms with E-state index in [0.717, 1.165) is 4.47 Å². The Morgan fingerprint density at radius 3 is 2.59 bits per heavy atom. The van der Waals surface area contributed by atoms with Gasteiger partial charge in [0, 0.05) is 11.6 Å². The van der Waals surface area contributed by atoms with Crippen molar-refractivity contribution in [2.45, 2.75) is 32.4 Å². The first-order valence-electron chi connectivity index (χ1n) is 6.77. The number of halogens is 2. The van der Waals surface area contributed by atoms with Crippen molar-refractivity contribution in [1.82, 2.24) is 5.32 Å². The lowest BCUT2D eigenvalue weighted by atomic mass is 10.2. The minimum Gasteiger partial charge on any atom is -0.491 e. The quantitative estimate of drug-likeness (QED) is 0.791. The van der Waals surface area contributed by atoms with E-state index in [0.29, 0.717) is 17.4 Å². The van der Waals surface area contributed by atoms with Gasteiger partial charge < -0.3 is 19.5 Å². The van der Waals surface area contributed by atoms with E-state index in [1.54, 1.807) is 46.1 Å². The number of ether oxygens (including phenoxy) is 3. The predicted molar refractivity (Wildman–Crippen MR) is 89.7 cm³/mol. The summed E-state index contributed by atoms with van der Waals surface area (Å²) in [6.45, 7) is 5.96. The second kappa shape index (κ2) is 8.60. The van der Waals surface area contributed by atoms with E-state index < -0.39 is 11.7 Å². The van der Waals surface area contributed by atoms with Gasteiger partial charge in [-0.3, -0.25) is 0 Å². The van der Waals surface area contributed by atoms with Crippen molar-refractivity contribution < 1.29 is 19.0 Å². The number of carbonyl (C=O) groups is 1. The molecular weight excluding hydrogens is 374 g/mol. The second-order valence-corrected chi connectivity index (χ2v) is 6.95. The van der Waals surface area contributed by atoms with Crippen LogP contribution in [0.3, 0.4) is 0 Å². The predicted octanol–water partition coefficient (Wildman–Crippen LogP) is 4.02. The maximum absolute atomic E-state index is 11.8. The van der Waals surface area contributed by atoms with Crippen LogP contribution in [-0.2, 0) is 9.47 Å². The summed E-state index contributed by atoms with van der Waals surface area (Å²) in [7, 11) is 1.56. The monoisotopic (exact) mass is 393 g/mol. The molecule has 0 radical (unpaired) electrons. The zero-order valence-corrected chi connectivity index (χ0v) is 15.5. The Morgan fingerprint density at radius 2 is 2.05 bits per heavy atom. The van der Waals surface area contributed by atoms with Crippen LogP contribution in [0.5, 0.6) is 5.75 Å². The summed E-state index contributed by atoms with van der Waals surface area (Å²) in [4.78, 5) is 11.8. The molecule has 22 heavy (non-hydrogen) atoms. The van der Waals surface area contributed by atoms with Crippen LogP contribution < -0.4 is 10.1 Å². The first-order valence-corrected chi connectivity index (χ1v) is 7.94. The largest absolute Gasteiger partial charge is 0.491 e. The number of amides is 1. The number of alkyl carbamates (subject to hydrolysis) is 1. The molecule has 0 aliphatic rings. The molecule has 0 aliphatic carbocycles. The molecule has 5 nitrogen and oxygen atoms in total. The fourth-order valence-electron chi connectivity index (χ4n) is 1.57. The molecule has 0 aromatic heterocycles. The molecule has 1 unspecified atom stereocenters. The molecule has 0 heterocycles. The fraction of sp³-hybridized carbons (Fsp3) is 0.533. The van der Waals surface area contributed by atoms with Crippen molar-refractivity contribution in [3.05, 3.63) is 27.7 Å². The van der Waals surface area contributed by atoms with Gasteiger partial charge in [0.15, 0.2) is 0 Å². The first-order chi connectivity index (χ1) is 10.2. The molecular formula is C15H21BrClNO4. The summed E-state index contributed by atoms with van der Waals surface area (Å²) in [6.07, 6.45) is -0.507. The SMILES string of the molecule is COCC(COc1ccc(Br)c(Cl)c1)NC(=O)OC(C)(C)C. The summed E-state index contributed by atoms with van der Waals surface area (Å²) in [5.41, 5.74) is -0.554. The third-order valence-corrected chi connectivity index (χ3v) is 3.66. The van der Waals surface area contributed by atoms with Crippen LogP contribution in [0.15, 0.2) is 22.7 Å². The third kappa shape index (κ3) is 7.33. The van der Waals surface area contributed by atoms with Crippen LogP contribution in [0.4, 0.5) is 4.79 Å². The van der Waals surface area contributed by atoms with Crippen LogP contribution in [0.1, 0.15) is 20.8 Å². The third-order valence-electron chi connectivity index (χ3n) is 2.43. The smallest absolute Gasteiger partial charge is 0.408 e. The topological polar surface area (TPSA) is 56.8 Å². The van der Waals surface area contributed by atoms with Crippen LogP contribution in [0.2, 0.25) is 5.02 Å². The number of carbonyl (C=O) groups excluding carboxylic acids is 1. The summed E-state index contributed by atoms with van der Waals surface area (Å²) in [5.74, 6) is 0.611. The van der Waals surface area contributed by atoms with E-state index in [1.807, 2.05) is 0 Å². The van der Waals surface area contributed by atoms with Crippen LogP contribution >= 0.6 is 27.5 Å². The Bertz CT molecular complexity index is 505. The van der Waals surface area contributed by atoms with E-state index in [1.165, 1.54) is 0 Å². The summed E-state index contributed by atoms with van der Waals surface area (Å²) in [5, 5.41) is 3.27. The highest BCUT2D eigenvalue weighted by atomic mass is 79.9. The van der Waals surface area contributed by atoms with E-state index in [-0.39, 0.29) is 12.6 Å². The molecule has 0 fully saturated rings. The van der Waals surface area contributed by atoms with Gasteiger partial charge in [-0.1, -0.05) is 11.6 Å². The molecule has 0 bridgehead atoms. The molecule has 1 aromatic rings. The standard InChI is InChI=1S/C15H21BrClNO4/c1-15(2,3)22-14(19)18-10(8-20-4)9-21-11-5-6-12(16)13(17)7-11/h5-7,10H,8-9H2,1-4H3,(H,18,19). The van der Waals surface area contributed by atoms with Crippen molar-refractivity contribution in [3.63, 3.8) is 0 Å². The van der Waals surface area contributed by atoms with E-state index in [4.69, 9.17) is 25.8 Å². The number of rotatable bonds is 6. The first kappa shape index (κ1) is 19.1. The molecule has 0 spiro atoms. The molecule has 1 atom stereocenters. The number of methoxy groups -OCH3 is 1. The van der Waals surface area contributed by atoms with E-state index in [2.05, 4.69) is 21.2 Å². The Balaban J connectivity index is 2.56. The second-order valence-electron chi connectivity index (χ2n) is 5.69. The van der Waals surface area contributed by atoms with Crippen molar-refractivity contribution >= 4 is 33.6 Å². The average Bonchev–Trinajstić information content (AvgIpc) is 2.38. The highest BCUT2D eigenvalue weighted by molar-refractivity contribution is 9.10. The summed E-state index contributed by atoms with van der Waals surface area (Å²) in [6, 6.07) is 4.95. The van der Waals surface area contributed by atoms with Gasteiger partial charge >= 0.3 is 6.09 Å². The summed E-state index contributed by atoms with van der Waals surface area (Å²) >= 11 is 9.32. The molecule has 1 aromatic carbocycles. The van der Waals surface area contributed by atoms with E-state index >= 15 is 0 Å². The maximum atomic E-state index is 11.8. The number of hydrogen-bond donors (Lipinski definition) is 1. The molecule has 0 saturated carbocycles. The van der Waals surface area contributed by atoms with Gasteiger partial charge in [-0.15, -0.1) is 0 Å². The van der Waals surface area contributed by atoms with Gasteiger partial charge in [-0.25, -0.2) is 4.79 Å². The highest BCUT2D eigenvalue weighted by Gasteiger charge is 2.20. The zero-order valence-electron chi connectivity index (χ0n) is 13.1. The Hall–Kier alpha value is -0.980. The summed E-state index contributed by atoms with van der Waals surface area (Å²) < 4.78 is 16.7. The lowest BCUT2D eigenvalue weighted by Crippen LogP contribution is -2.44. The zero-order chi connectivity index (χ0) is 16.8. The molecule has 1 rings (SSSR count). The lowest BCUT2D eigenvalue weighted by Gasteiger charge is -2.23. The molecule has 124 valence electrons. The van der Waals surface area contributed by atoms with Crippen LogP contribution in [-0.4, -0.2) is 38.1 Å². The van der Waals surface area contributed by atoms with Gasteiger partial charge in [-0.2, -0.15) is 0 Å². The highest BCUT2D eigenvalue weighted by Crippen LogP contribution is 2.26. The minimum atomic E-state index is -0.554. The van der Waals surface area contributed by atoms with Crippen molar-refractivity contribution in [1.29, 1.82) is 0 Å². The molecule has 0 saturated heterocycles. The Kier molecular flexibility index (Phi) is 7.45. The Morgan fingerprint density at radius 1 is 1.36 bits per heavy atom. The number of benzene rings is 1. The Labute approximate surface area is 144 Å². The fourth-order valence-corrected chi connectivity index (χ4v) is 1.99. The molecule has 0 aliphatic heterocycles. The normalized spacial score (nSPS) is 12.6. The van der Waals surface area contributed by atoms with Crippen LogP contribution in [0.25, 0.3) is 0 Å². The maximum Gasteiger partial charge on any atom is 0.408 e. The van der Waals surface area contributed by atoms with Crippen molar-refractivity contribution in [2.24, 2.45) is 0 Å². The number of hydrogen-bond acceptors (Lipinski definition) is 4. The van der Waals surface area contributed by atoms with Gasteiger partial charge in [0.25, 0.3) is 0 Å². The molecule has 1 amide bonds. The van der Waals surface area contributed by atoms with Crippen LogP contribution in [0, 0.1) is 0 Å². The van der Waals surface area contributed by atoms with Crippen molar-refractivity contribution in [2.75, 3.05) is 20.3 Å². The van der Waals surface area contributed by atoms with Gasteiger partial charge in [0.2, 0.25) is 0 Å².